The maximum absolute atomic E-state index is 13.6. The molecule has 0 unspecified atom stereocenters. The van der Waals surface area contributed by atoms with Gasteiger partial charge in [-0.15, -0.1) is 0 Å². The third kappa shape index (κ3) is 7.74. The van der Waals surface area contributed by atoms with Gasteiger partial charge in [-0.2, -0.15) is 30.7 Å². The summed E-state index contributed by atoms with van der Waals surface area (Å²) in [6.07, 6.45) is -5.72. The first-order chi connectivity index (χ1) is 20.1. The molecule has 0 aliphatic carbocycles. The van der Waals surface area contributed by atoms with Gasteiger partial charge in [0.05, 0.1) is 22.7 Å². The molecule has 0 bridgehead atoms. The number of carboxylic acids is 1. The van der Waals surface area contributed by atoms with Crippen LogP contribution in [0.1, 0.15) is 17.5 Å². The third-order valence-corrected chi connectivity index (χ3v) is 8.35. The number of likely N-dealkylation sites (N-methyl/N-ethyl adjacent to an activating group) is 1. The number of anilines is 3. The van der Waals surface area contributed by atoms with Gasteiger partial charge in [0.1, 0.15) is 18.7 Å². The molecule has 0 fully saturated rings. The van der Waals surface area contributed by atoms with E-state index in [2.05, 4.69) is 19.0 Å². The van der Waals surface area contributed by atoms with Crippen LogP contribution in [0.5, 0.6) is 5.75 Å². The molecule has 18 heteroatoms. The fourth-order valence-corrected chi connectivity index (χ4v) is 5.91. The first-order valence-electron chi connectivity index (χ1n) is 12.3. The minimum atomic E-state index is -5.08. The van der Waals surface area contributed by atoms with Gasteiger partial charge in [0.2, 0.25) is 5.13 Å². The Morgan fingerprint density at radius 3 is 2.35 bits per heavy atom. The van der Waals surface area contributed by atoms with Crippen LogP contribution in [-0.4, -0.2) is 73.2 Å². The topological polar surface area (TPSA) is 125 Å². The number of aliphatic carboxylic acids is 1. The molecule has 2 aliphatic rings. The molecular weight excluding hydrogens is 628 g/mol. The highest BCUT2D eigenvalue weighted by molar-refractivity contribution is 7.93. The average molecular weight is 652 g/mol. The van der Waals surface area contributed by atoms with Gasteiger partial charge in [0.15, 0.2) is 0 Å². The molecule has 0 spiro atoms. The second-order valence-corrected chi connectivity index (χ2v) is 11.7. The van der Waals surface area contributed by atoms with Crippen LogP contribution in [-0.2, 0) is 21.0 Å². The molecule has 43 heavy (non-hydrogen) atoms. The van der Waals surface area contributed by atoms with Crippen molar-refractivity contribution in [2.45, 2.75) is 23.7 Å². The maximum atomic E-state index is 13.6. The average Bonchev–Trinajstić information content (AvgIpc) is 3.44. The van der Waals surface area contributed by atoms with E-state index in [0.29, 0.717) is 42.2 Å². The standard InChI is InChI=1S/C23H22F3N5O3S2.C2HF3O2/c1-30-8-6-15(7-9-30)18-12-16(23(24,25)26)2-4-19(18)31-10-11-34-21-13-17(3-5-20(21)31)36(32,33)29-22-27-14-28-35-22;3-2(4,5)1(6)7/h2-6,12-14H,7-11H2,1H3,(H,27,28,29);(H,6,7). The Hall–Kier alpha value is -3.90. The largest absolute Gasteiger partial charge is 0.490 e. The number of nitrogens with one attached hydrogen (secondary N) is 1. The van der Waals surface area contributed by atoms with Crippen molar-refractivity contribution in [2.75, 3.05) is 42.9 Å². The molecule has 3 heterocycles. The Kier molecular flexibility index (Phi) is 9.22. The van der Waals surface area contributed by atoms with Gasteiger partial charge in [-0.1, -0.05) is 6.08 Å². The lowest BCUT2D eigenvalue weighted by Gasteiger charge is -2.34. The monoisotopic (exact) mass is 651 g/mol. The van der Waals surface area contributed by atoms with Crippen LogP contribution in [0.2, 0.25) is 0 Å². The van der Waals surface area contributed by atoms with Crippen LogP contribution in [0.15, 0.2) is 53.7 Å². The van der Waals surface area contributed by atoms with Crippen LogP contribution in [0.4, 0.5) is 42.8 Å². The Labute approximate surface area is 245 Å². The minimum absolute atomic E-state index is 0.0241. The zero-order chi connectivity index (χ0) is 31.6. The van der Waals surface area contributed by atoms with Crippen LogP contribution in [0, 0.1) is 0 Å². The van der Waals surface area contributed by atoms with Crippen LogP contribution < -0.4 is 14.4 Å². The molecule has 5 rings (SSSR count). The normalized spacial score (nSPS) is 15.9. The molecule has 2 aliphatic heterocycles. The Morgan fingerprint density at radius 2 is 1.77 bits per heavy atom. The number of carbonyl (C=O) groups is 1. The summed E-state index contributed by atoms with van der Waals surface area (Å²) in [7, 11) is -1.97. The van der Waals surface area contributed by atoms with Crippen molar-refractivity contribution < 1.29 is 49.4 Å². The number of sulfonamides is 1. The van der Waals surface area contributed by atoms with Gasteiger partial charge in [-0.05, 0) is 49.4 Å². The number of alkyl halides is 6. The summed E-state index contributed by atoms with van der Waals surface area (Å²) in [6.45, 7) is 2.02. The van der Waals surface area contributed by atoms with Gasteiger partial charge >= 0.3 is 18.3 Å². The summed E-state index contributed by atoms with van der Waals surface area (Å²) in [5.74, 6) is -2.43. The number of nitrogens with zero attached hydrogens (tertiary/aromatic N) is 4. The Balaban J connectivity index is 0.000000541. The fourth-order valence-electron chi connectivity index (χ4n) is 4.23. The van der Waals surface area contributed by atoms with E-state index in [1.54, 1.807) is 6.07 Å². The highest BCUT2D eigenvalue weighted by Crippen LogP contribution is 2.43. The lowest BCUT2D eigenvalue weighted by molar-refractivity contribution is -0.192. The molecule has 0 atom stereocenters. The first-order valence-corrected chi connectivity index (χ1v) is 14.5. The highest BCUT2D eigenvalue weighted by atomic mass is 32.2. The Morgan fingerprint density at radius 1 is 1.07 bits per heavy atom. The summed E-state index contributed by atoms with van der Waals surface area (Å²) < 4.78 is 110. The zero-order valence-electron chi connectivity index (χ0n) is 22.1. The van der Waals surface area contributed by atoms with Crippen LogP contribution in [0.25, 0.3) is 5.57 Å². The van der Waals surface area contributed by atoms with E-state index >= 15 is 0 Å². The van der Waals surface area contributed by atoms with Crippen molar-refractivity contribution in [3.8, 4) is 5.75 Å². The van der Waals surface area contributed by atoms with E-state index in [4.69, 9.17) is 14.6 Å². The number of rotatable bonds is 5. The molecule has 2 N–H and O–H groups in total. The van der Waals surface area contributed by atoms with E-state index in [1.165, 1.54) is 30.6 Å². The number of hydrogen-bond donors (Lipinski definition) is 2. The fraction of sp³-hybridized carbons (Fsp3) is 0.320. The van der Waals surface area contributed by atoms with E-state index in [-0.39, 0.29) is 16.6 Å². The van der Waals surface area contributed by atoms with Gasteiger partial charge in [-0.25, -0.2) is 18.2 Å². The number of carboxylic acid groups (broad SMARTS) is 1. The van der Waals surface area contributed by atoms with E-state index in [9.17, 15) is 34.8 Å². The number of halogens is 6. The SMILES string of the molecule is CN1CC=C(c2cc(C(F)(F)F)ccc2N2CCOc3cc(S(=O)(=O)Nc4ncns4)ccc32)CC1.O=C(O)C(F)(F)F. The molecule has 0 amide bonds. The lowest BCUT2D eigenvalue weighted by atomic mass is 9.95. The molecule has 2 aromatic carbocycles. The smallest absolute Gasteiger partial charge is 0.489 e. The first kappa shape index (κ1) is 32.0. The number of benzene rings is 2. The molecule has 232 valence electrons. The summed E-state index contributed by atoms with van der Waals surface area (Å²) in [4.78, 5) is 16.7. The van der Waals surface area contributed by atoms with Crippen molar-refractivity contribution in [3.05, 3.63) is 59.9 Å². The van der Waals surface area contributed by atoms with Crippen LogP contribution >= 0.6 is 11.5 Å². The van der Waals surface area contributed by atoms with Gasteiger partial charge < -0.3 is 19.6 Å². The summed E-state index contributed by atoms with van der Waals surface area (Å²) >= 11 is 0.910. The minimum Gasteiger partial charge on any atom is -0.489 e. The molecule has 0 radical (unpaired) electrons. The molecule has 1 aromatic heterocycles. The van der Waals surface area contributed by atoms with Gasteiger partial charge in [0, 0.05) is 41.9 Å². The van der Waals surface area contributed by atoms with Crippen molar-refractivity contribution >= 4 is 49.6 Å². The molecule has 0 saturated heterocycles. The summed E-state index contributed by atoms with van der Waals surface area (Å²) in [5, 5.41) is 7.26. The molecule has 3 aromatic rings. The number of hydrogen-bond acceptors (Lipinski definition) is 9. The number of fused-ring (bicyclic) bond motifs is 1. The van der Waals surface area contributed by atoms with E-state index in [0.717, 1.165) is 29.7 Å². The second kappa shape index (κ2) is 12.4. The maximum Gasteiger partial charge on any atom is 0.490 e. The Bertz CT molecular complexity index is 1610. The molecule has 10 nitrogen and oxygen atoms in total. The lowest BCUT2D eigenvalue weighted by Crippen LogP contribution is -2.30. The zero-order valence-corrected chi connectivity index (χ0v) is 23.7. The second-order valence-electron chi connectivity index (χ2n) is 9.26. The van der Waals surface area contributed by atoms with Gasteiger partial charge in [0.25, 0.3) is 10.0 Å². The van der Waals surface area contributed by atoms with Crippen molar-refractivity contribution in [1.82, 2.24) is 14.3 Å². The predicted molar refractivity (Wildman–Crippen MR) is 145 cm³/mol. The van der Waals surface area contributed by atoms with Crippen molar-refractivity contribution in [2.24, 2.45) is 0 Å². The number of ether oxygens (including phenoxy) is 1. The molecule has 0 saturated carbocycles. The van der Waals surface area contributed by atoms with Gasteiger partial charge in [-0.3, -0.25) is 4.72 Å². The van der Waals surface area contributed by atoms with Crippen molar-refractivity contribution in [1.29, 1.82) is 0 Å². The van der Waals surface area contributed by atoms with Crippen molar-refractivity contribution in [3.63, 3.8) is 0 Å². The highest BCUT2D eigenvalue weighted by Gasteiger charge is 2.38. The third-order valence-electron chi connectivity index (χ3n) is 6.30. The van der Waals surface area contributed by atoms with E-state index < -0.39 is 33.9 Å². The summed E-state index contributed by atoms with van der Waals surface area (Å²) in [5.41, 5.74) is 1.85. The van der Waals surface area contributed by atoms with E-state index in [1.807, 2.05) is 18.0 Å². The predicted octanol–water partition coefficient (Wildman–Crippen LogP) is 5.24. The quantitative estimate of drug-likeness (QED) is 0.357. The number of aromatic nitrogens is 2. The summed E-state index contributed by atoms with van der Waals surface area (Å²) in [6, 6.07) is 8.20. The molecular formula is C25H23F6N5O5S2. The van der Waals surface area contributed by atoms with Crippen LogP contribution in [0.3, 0.4) is 0 Å².